The minimum Gasteiger partial charge on any atom is -0.310 e. The maximum Gasteiger partial charge on any atom is 0.451 e. The number of urea groups is 1. The predicted octanol–water partition coefficient (Wildman–Crippen LogP) is 3.81. The van der Waals surface area contributed by atoms with E-state index in [1.807, 2.05) is 0 Å². The molecule has 3 rings (SSSR count). The lowest BCUT2D eigenvalue weighted by atomic mass is 10.0. The number of hydrogen-bond donors (Lipinski definition) is 1. The molecule has 1 N–H and O–H groups in total. The van der Waals surface area contributed by atoms with Gasteiger partial charge >= 0.3 is 18.4 Å². The molecule has 1 aliphatic heterocycles. The molecule has 14 heteroatoms. The zero-order valence-corrected chi connectivity index (χ0v) is 17.3. The Bertz CT molecular complexity index is 1020. The maximum atomic E-state index is 12.9. The molecule has 0 aliphatic carbocycles. The van der Waals surface area contributed by atoms with Crippen LogP contribution in [-0.4, -0.2) is 50.9 Å². The zero-order chi connectivity index (χ0) is 24.6. The summed E-state index contributed by atoms with van der Waals surface area (Å²) in [5.41, 5.74) is -0.986. The Hall–Kier alpha value is -3.45. The van der Waals surface area contributed by atoms with E-state index in [2.05, 4.69) is 20.3 Å². The third kappa shape index (κ3) is 5.49. The second-order valence-electron chi connectivity index (χ2n) is 7.57. The van der Waals surface area contributed by atoms with E-state index >= 15 is 0 Å². The van der Waals surface area contributed by atoms with Crippen LogP contribution in [0.2, 0.25) is 0 Å². The third-order valence-electron chi connectivity index (χ3n) is 4.89. The molecule has 178 valence electrons. The Morgan fingerprint density at radius 1 is 1.12 bits per heavy atom. The quantitative estimate of drug-likeness (QED) is 0.663. The summed E-state index contributed by atoms with van der Waals surface area (Å²) in [6, 6.07) is 0.234. The number of rotatable bonds is 5. The lowest BCUT2D eigenvalue weighted by molar-refractivity contribution is -0.145. The molecular weight excluding hydrogens is 458 g/mol. The smallest absolute Gasteiger partial charge is 0.310 e. The molecule has 1 saturated heterocycles. The molecule has 3 amide bonds. The first-order valence-corrected chi connectivity index (χ1v) is 9.58. The van der Waals surface area contributed by atoms with Crippen molar-refractivity contribution >= 4 is 23.4 Å². The maximum absolute atomic E-state index is 12.9. The van der Waals surface area contributed by atoms with Crippen molar-refractivity contribution in [2.24, 2.45) is 5.92 Å². The van der Waals surface area contributed by atoms with Crippen LogP contribution >= 0.6 is 0 Å². The summed E-state index contributed by atoms with van der Waals surface area (Å²) in [6.07, 6.45) is -6.75. The van der Waals surface area contributed by atoms with E-state index in [0.29, 0.717) is 6.07 Å². The van der Waals surface area contributed by atoms with Crippen molar-refractivity contribution in [3.63, 3.8) is 0 Å². The summed E-state index contributed by atoms with van der Waals surface area (Å²) >= 11 is 0. The minimum atomic E-state index is -4.74. The van der Waals surface area contributed by atoms with Crippen LogP contribution in [0.5, 0.6) is 0 Å². The van der Waals surface area contributed by atoms with Gasteiger partial charge in [0.25, 0.3) is 0 Å². The first-order valence-electron chi connectivity index (χ1n) is 9.58. The van der Waals surface area contributed by atoms with Gasteiger partial charge in [0, 0.05) is 12.7 Å². The Balaban J connectivity index is 1.75. The van der Waals surface area contributed by atoms with E-state index in [0.717, 1.165) is 29.6 Å². The lowest BCUT2D eigenvalue weighted by Crippen LogP contribution is -2.42. The van der Waals surface area contributed by atoms with E-state index in [-0.39, 0.29) is 24.0 Å². The summed E-state index contributed by atoms with van der Waals surface area (Å²) < 4.78 is 76.6. The molecule has 0 unspecified atom stereocenters. The molecule has 1 atom stereocenters. The number of nitrogens with one attached hydrogen (secondary N) is 1. The van der Waals surface area contributed by atoms with Gasteiger partial charge in [-0.25, -0.2) is 19.7 Å². The van der Waals surface area contributed by atoms with Crippen molar-refractivity contribution in [3.05, 3.63) is 42.1 Å². The zero-order valence-electron chi connectivity index (χ0n) is 17.3. The van der Waals surface area contributed by atoms with Gasteiger partial charge in [-0.1, -0.05) is 13.8 Å². The molecule has 8 nitrogen and oxygen atoms in total. The number of nitrogens with zero attached hydrogens (tertiary/aromatic N) is 5. The highest BCUT2D eigenvalue weighted by molar-refractivity contribution is 5.99. The standard InChI is InChI=1S/C19H18F6N6O2/c1-10(2)13-8-30(12-6-27-16(28-7-12)19(23,24)25)17(33)31(13)9-15(32)29-14-5-11(3-4-26-14)18(20,21)22/h3-7,10,13H,8-9H2,1-2H3,(H,26,29,32)/t13-/m1/s1. The summed E-state index contributed by atoms with van der Waals surface area (Å²) in [6.45, 7) is 3.12. The number of aromatic nitrogens is 3. The van der Waals surface area contributed by atoms with Crippen LogP contribution < -0.4 is 10.2 Å². The summed E-state index contributed by atoms with van der Waals surface area (Å²) in [5.74, 6) is -2.63. The Kier molecular flexibility index (Phi) is 6.47. The van der Waals surface area contributed by atoms with Crippen molar-refractivity contribution < 1.29 is 35.9 Å². The van der Waals surface area contributed by atoms with Crippen LogP contribution in [0.15, 0.2) is 30.7 Å². The highest BCUT2D eigenvalue weighted by Gasteiger charge is 2.41. The second-order valence-corrected chi connectivity index (χ2v) is 7.57. The lowest BCUT2D eigenvalue weighted by Gasteiger charge is -2.25. The molecule has 3 heterocycles. The Labute approximate surface area is 183 Å². The normalized spacial score (nSPS) is 17.1. The minimum absolute atomic E-state index is 0.0149. The van der Waals surface area contributed by atoms with Crippen molar-refractivity contribution in [3.8, 4) is 0 Å². The van der Waals surface area contributed by atoms with Crippen LogP contribution in [0.25, 0.3) is 0 Å². The van der Waals surface area contributed by atoms with Gasteiger partial charge in [-0.2, -0.15) is 26.3 Å². The van der Waals surface area contributed by atoms with Gasteiger partial charge in [-0.15, -0.1) is 0 Å². The largest absolute Gasteiger partial charge is 0.451 e. The van der Waals surface area contributed by atoms with Gasteiger partial charge in [0.15, 0.2) is 0 Å². The first kappa shape index (κ1) is 24.2. The third-order valence-corrected chi connectivity index (χ3v) is 4.89. The van der Waals surface area contributed by atoms with Gasteiger partial charge in [-0.3, -0.25) is 9.69 Å². The average Bonchev–Trinajstić information content (AvgIpc) is 3.03. The van der Waals surface area contributed by atoms with Crippen molar-refractivity contribution in [1.29, 1.82) is 0 Å². The van der Waals surface area contributed by atoms with Crippen molar-refractivity contribution in [1.82, 2.24) is 19.9 Å². The SMILES string of the molecule is CC(C)[C@H]1CN(c2cnc(C(F)(F)F)nc2)C(=O)N1CC(=O)Nc1cc(C(F)(F)F)ccn1. The van der Waals surface area contributed by atoms with E-state index < -0.39 is 48.3 Å². The molecule has 2 aromatic heterocycles. The van der Waals surface area contributed by atoms with Crippen molar-refractivity contribution in [2.45, 2.75) is 32.2 Å². The fourth-order valence-corrected chi connectivity index (χ4v) is 3.25. The van der Waals surface area contributed by atoms with Crippen LogP contribution in [0.3, 0.4) is 0 Å². The predicted molar refractivity (Wildman–Crippen MR) is 103 cm³/mol. The number of alkyl halides is 6. The molecule has 1 aliphatic rings. The first-order chi connectivity index (χ1) is 15.3. The van der Waals surface area contributed by atoms with Gasteiger partial charge < -0.3 is 10.2 Å². The fraction of sp³-hybridized carbons (Fsp3) is 0.421. The summed E-state index contributed by atoms with van der Waals surface area (Å²) in [7, 11) is 0. The van der Waals surface area contributed by atoms with Crippen LogP contribution in [0.4, 0.5) is 42.6 Å². The molecule has 0 spiro atoms. The second kappa shape index (κ2) is 8.83. The number of halogens is 6. The van der Waals surface area contributed by atoms with E-state index in [1.54, 1.807) is 13.8 Å². The number of carbonyl (C=O) groups excluding carboxylic acids is 2. The highest BCUT2D eigenvalue weighted by atomic mass is 19.4. The molecule has 1 fully saturated rings. The van der Waals surface area contributed by atoms with E-state index in [4.69, 9.17) is 0 Å². The van der Waals surface area contributed by atoms with Gasteiger partial charge in [0.2, 0.25) is 11.7 Å². The fourth-order valence-electron chi connectivity index (χ4n) is 3.25. The number of amides is 3. The number of hydrogen-bond acceptors (Lipinski definition) is 5. The van der Waals surface area contributed by atoms with Crippen LogP contribution in [0, 0.1) is 5.92 Å². The molecule has 0 aromatic carbocycles. The summed E-state index contributed by atoms with van der Waals surface area (Å²) in [4.78, 5) is 37.8. The number of carbonyl (C=O) groups is 2. The van der Waals surface area contributed by atoms with Gasteiger partial charge in [0.1, 0.15) is 12.4 Å². The topological polar surface area (TPSA) is 91.3 Å². The highest BCUT2D eigenvalue weighted by Crippen LogP contribution is 2.31. The van der Waals surface area contributed by atoms with Crippen molar-refractivity contribution in [2.75, 3.05) is 23.3 Å². The monoisotopic (exact) mass is 476 g/mol. The Morgan fingerprint density at radius 2 is 1.76 bits per heavy atom. The summed E-state index contributed by atoms with van der Waals surface area (Å²) in [5, 5.41) is 2.23. The molecule has 2 aromatic rings. The molecule has 0 saturated carbocycles. The van der Waals surface area contributed by atoms with E-state index in [1.165, 1.54) is 4.90 Å². The van der Waals surface area contributed by atoms with Gasteiger partial charge in [0.05, 0.1) is 29.7 Å². The van der Waals surface area contributed by atoms with E-state index in [9.17, 15) is 35.9 Å². The molecule has 0 bridgehead atoms. The van der Waals surface area contributed by atoms with Crippen LogP contribution in [0.1, 0.15) is 25.2 Å². The Morgan fingerprint density at radius 3 is 2.30 bits per heavy atom. The van der Waals surface area contributed by atoms with Crippen LogP contribution in [-0.2, 0) is 17.1 Å². The average molecular weight is 476 g/mol. The van der Waals surface area contributed by atoms with Gasteiger partial charge in [-0.05, 0) is 18.1 Å². The number of anilines is 2. The molecule has 0 radical (unpaired) electrons. The molecular formula is C19H18F6N6O2. The number of pyridine rings is 1. The molecule has 33 heavy (non-hydrogen) atoms.